The van der Waals surface area contributed by atoms with Crippen molar-refractivity contribution in [1.29, 1.82) is 0 Å². The molecule has 32 heavy (non-hydrogen) atoms. The molecule has 0 spiro atoms. The molecule has 2 unspecified atom stereocenters. The molecule has 16 heteroatoms. The first-order valence-electron chi connectivity index (χ1n) is 9.19. The Kier molecular flexibility index (Phi) is 15.0. The summed E-state index contributed by atoms with van der Waals surface area (Å²) in [5, 5.41) is 20.0. The van der Waals surface area contributed by atoms with E-state index in [0.717, 1.165) is 0 Å². The monoisotopic (exact) mass is 484 g/mol. The molecule has 0 rings (SSSR count). The van der Waals surface area contributed by atoms with Crippen molar-refractivity contribution < 1.29 is 55.7 Å². The van der Waals surface area contributed by atoms with Crippen LogP contribution >= 0.6 is 0 Å². The van der Waals surface area contributed by atoms with E-state index in [-0.39, 0.29) is 12.8 Å². The summed E-state index contributed by atoms with van der Waals surface area (Å²) >= 11 is 0. The normalized spacial score (nSPS) is 13.2. The Labute approximate surface area is 178 Å². The van der Waals surface area contributed by atoms with E-state index in [9.17, 15) is 45.5 Å². The van der Waals surface area contributed by atoms with Crippen LogP contribution in [0.2, 0.25) is 0 Å². The second-order valence-corrected chi connectivity index (χ2v) is 6.29. The third-order valence-electron chi connectivity index (χ3n) is 3.62. The minimum Gasteiger partial charge on any atom is -0.480 e. The van der Waals surface area contributed by atoms with Crippen molar-refractivity contribution in [3.05, 3.63) is 0 Å². The average molecular weight is 484 g/mol. The van der Waals surface area contributed by atoms with E-state index in [1.165, 1.54) is 10.6 Å². The van der Waals surface area contributed by atoms with Crippen LogP contribution in [0.4, 0.5) is 26.3 Å². The molecule has 2 atom stereocenters. The molecule has 0 fully saturated rings. The molecule has 0 aliphatic heterocycles. The Morgan fingerprint density at radius 1 is 0.656 bits per heavy atom. The van der Waals surface area contributed by atoms with Gasteiger partial charge in [-0.2, -0.15) is 26.3 Å². The fraction of sp³-hybridized carbons (Fsp3) is 0.750. The van der Waals surface area contributed by atoms with E-state index in [2.05, 4.69) is 0 Å². The number of carboxylic acids is 2. The van der Waals surface area contributed by atoms with Crippen molar-refractivity contribution >= 4 is 23.8 Å². The molecule has 0 aliphatic carbocycles. The third-order valence-corrected chi connectivity index (χ3v) is 3.62. The number of rotatable bonds is 12. The maximum absolute atomic E-state index is 11.8. The predicted molar refractivity (Wildman–Crippen MR) is 97.1 cm³/mol. The van der Waals surface area contributed by atoms with E-state index >= 15 is 0 Å². The summed E-state index contributed by atoms with van der Waals surface area (Å²) in [6.07, 6.45) is -8.62. The first-order valence-corrected chi connectivity index (χ1v) is 9.19. The molecule has 0 saturated carbocycles. The van der Waals surface area contributed by atoms with Crippen molar-refractivity contribution in [2.75, 3.05) is 13.1 Å². The summed E-state index contributed by atoms with van der Waals surface area (Å²) < 4.78 is 71.0. The Bertz CT molecular complexity index is 563. The van der Waals surface area contributed by atoms with Crippen molar-refractivity contribution in [3.8, 4) is 0 Å². The number of carbonyl (C=O) groups is 4. The molecule has 10 nitrogen and oxygen atoms in total. The highest BCUT2D eigenvalue weighted by atomic mass is 19.4. The lowest BCUT2D eigenvalue weighted by Crippen LogP contribution is -2.46. The molecular formula is C16H26F6N4O6. The summed E-state index contributed by atoms with van der Waals surface area (Å²) in [6, 6.07) is -3.05. The second kappa shape index (κ2) is 15.2. The maximum atomic E-state index is 11.8. The maximum Gasteiger partial charge on any atom is 0.471 e. The predicted octanol–water partition coefficient (Wildman–Crippen LogP) is 0.494. The highest BCUT2D eigenvalue weighted by Crippen LogP contribution is 2.16. The Hall–Kier alpha value is -2.62. The molecule has 2 amide bonds. The van der Waals surface area contributed by atoms with Gasteiger partial charge in [0.25, 0.3) is 0 Å². The number of alkyl halides is 6. The Morgan fingerprint density at radius 3 is 1.12 bits per heavy atom. The molecule has 0 saturated heterocycles. The molecule has 0 aliphatic rings. The summed E-state index contributed by atoms with van der Waals surface area (Å²) in [6.45, 7) is 0.638. The average Bonchev–Trinajstić information content (AvgIpc) is 2.65. The molecule has 188 valence electrons. The molecule has 0 radical (unpaired) electrons. The quantitative estimate of drug-likeness (QED) is 0.171. The fourth-order valence-electron chi connectivity index (χ4n) is 1.98. The van der Waals surface area contributed by atoms with Gasteiger partial charge in [0.05, 0.1) is 0 Å². The zero-order valence-corrected chi connectivity index (χ0v) is 16.8. The summed E-state index contributed by atoms with van der Waals surface area (Å²) in [5.41, 5.74) is 10.3. The van der Waals surface area contributed by atoms with Gasteiger partial charge >= 0.3 is 36.1 Å². The van der Waals surface area contributed by atoms with E-state index in [0.29, 0.717) is 38.8 Å². The zero-order valence-electron chi connectivity index (χ0n) is 16.8. The van der Waals surface area contributed by atoms with Gasteiger partial charge in [0.15, 0.2) is 0 Å². The number of amides is 2. The summed E-state index contributed by atoms with van der Waals surface area (Å²) in [4.78, 5) is 42.1. The lowest BCUT2D eigenvalue weighted by molar-refractivity contribution is -0.175. The van der Waals surface area contributed by atoms with Gasteiger partial charge in [-0.15, -0.1) is 0 Å². The molecule has 8 N–H and O–H groups in total. The van der Waals surface area contributed by atoms with Crippen molar-refractivity contribution in [3.63, 3.8) is 0 Å². The zero-order chi connectivity index (χ0) is 25.5. The van der Waals surface area contributed by atoms with Gasteiger partial charge in [-0.1, -0.05) is 0 Å². The number of carboxylic acid groups (broad SMARTS) is 2. The van der Waals surface area contributed by atoms with E-state index in [1.807, 2.05) is 0 Å². The first-order chi connectivity index (χ1) is 14.6. The highest BCUT2D eigenvalue weighted by Gasteiger charge is 2.41. The summed E-state index contributed by atoms with van der Waals surface area (Å²) in [5.74, 6) is -7.47. The largest absolute Gasteiger partial charge is 0.480 e. The van der Waals surface area contributed by atoms with Gasteiger partial charge in [-0.25, -0.2) is 9.59 Å². The number of nitrogens with one attached hydrogen (secondary N) is 2. The SMILES string of the molecule is NCCCCC(NC(=O)C(F)(F)F)C(=O)O.NCCCCC(NC(=O)C(F)(F)F)C(=O)O. The minimum atomic E-state index is -5.07. The molecule has 0 aromatic heterocycles. The van der Waals surface area contributed by atoms with Gasteiger partial charge in [-0.05, 0) is 51.6 Å². The van der Waals surface area contributed by atoms with Crippen LogP contribution in [0.5, 0.6) is 0 Å². The van der Waals surface area contributed by atoms with Crippen LogP contribution in [0.3, 0.4) is 0 Å². The van der Waals surface area contributed by atoms with Gasteiger partial charge in [0, 0.05) is 0 Å². The van der Waals surface area contributed by atoms with Crippen LogP contribution in [0.1, 0.15) is 38.5 Å². The smallest absolute Gasteiger partial charge is 0.471 e. The third kappa shape index (κ3) is 15.2. The Balaban J connectivity index is 0. The number of carbonyl (C=O) groups excluding carboxylic acids is 2. The van der Waals surface area contributed by atoms with Gasteiger partial charge in [0.1, 0.15) is 12.1 Å². The van der Waals surface area contributed by atoms with Gasteiger partial charge in [-0.3, -0.25) is 9.59 Å². The molecule has 0 heterocycles. The molecule has 0 bridgehead atoms. The van der Waals surface area contributed by atoms with Crippen molar-refractivity contribution in [2.45, 2.75) is 63.0 Å². The number of nitrogens with two attached hydrogens (primary N) is 2. The number of halogens is 6. The van der Waals surface area contributed by atoms with Crippen LogP contribution in [0.15, 0.2) is 0 Å². The van der Waals surface area contributed by atoms with E-state index in [1.54, 1.807) is 0 Å². The first kappa shape index (κ1) is 31.6. The van der Waals surface area contributed by atoms with E-state index in [4.69, 9.17) is 21.7 Å². The van der Waals surface area contributed by atoms with Crippen LogP contribution in [-0.2, 0) is 19.2 Å². The van der Waals surface area contributed by atoms with Crippen LogP contribution in [-0.4, -0.2) is 71.5 Å². The number of unbranched alkanes of at least 4 members (excludes halogenated alkanes) is 2. The van der Waals surface area contributed by atoms with E-state index < -0.39 is 48.2 Å². The topological polar surface area (TPSA) is 185 Å². The Morgan fingerprint density at radius 2 is 0.938 bits per heavy atom. The lowest BCUT2D eigenvalue weighted by Gasteiger charge is -2.15. The highest BCUT2D eigenvalue weighted by molar-refractivity contribution is 5.87. The summed E-state index contributed by atoms with van der Waals surface area (Å²) in [7, 11) is 0. The second-order valence-electron chi connectivity index (χ2n) is 6.29. The number of hydrogen-bond donors (Lipinski definition) is 6. The van der Waals surface area contributed by atoms with Gasteiger partial charge < -0.3 is 32.3 Å². The fourth-order valence-corrected chi connectivity index (χ4v) is 1.98. The van der Waals surface area contributed by atoms with Crippen LogP contribution in [0.25, 0.3) is 0 Å². The number of aliphatic carboxylic acids is 2. The number of hydrogen-bond acceptors (Lipinski definition) is 6. The molecule has 0 aromatic carbocycles. The van der Waals surface area contributed by atoms with Crippen LogP contribution < -0.4 is 22.1 Å². The van der Waals surface area contributed by atoms with Gasteiger partial charge in [0.2, 0.25) is 0 Å². The standard InChI is InChI=1S/2C8H13F3N2O3/c2*9-8(10,11)7(16)13-5(6(14)15)3-1-2-4-12/h2*5H,1-4,12H2,(H,13,16)(H,14,15). The van der Waals surface area contributed by atoms with Crippen molar-refractivity contribution in [1.82, 2.24) is 10.6 Å². The molecule has 0 aromatic rings. The lowest BCUT2D eigenvalue weighted by atomic mass is 10.1. The molecular weight excluding hydrogens is 458 g/mol. The van der Waals surface area contributed by atoms with Crippen LogP contribution in [0, 0.1) is 0 Å². The van der Waals surface area contributed by atoms with Crippen molar-refractivity contribution in [2.24, 2.45) is 11.5 Å². The minimum absolute atomic E-state index is 0.0750.